The van der Waals surface area contributed by atoms with Crippen LogP contribution in [0.3, 0.4) is 0 Å². The van der Waals surface area contributed by atoms with E-state index in [0.717, 1.165) is 19.6 Å². The second-order valence-corrected chi connectivity index (χ2v) is 3.29. The quantitative estimate of drug-likeness (QED) is 0.722. The maximum Gasteiger partial charge on any atom is 0.0728 e. The summed E-state index contributed by atoms with van der Waals surface area (Å²) in [5, 5.41) is 10.6. The first kappa shape index (κ1) is 12.9. The van der Waals surface area contributed by atoms with Gasteiger partial charge in [0.2, 0.25) is 0 Å². The van der Waals surface area contributed by atoms with Crippen molar-refractivity contribution < 1.29 is 9.94 Å². The highest BCUT2D eigenvalue weighted by atomic mass is 16.5. The first-order valence-electron chi connectivity index (χ1n) is 5.27. The lowest BCUT2D eigenvalue weighted by Gasteiger charge is -2.31. The van der Waals surface area contributed by atoms with E-state index in [1.54, 1.807) is 0 Å². The van der Waals surface area contributed by atoms with Gasteiger partial charge in [0.15, 0.2) is 0 Å². The van der Waals surface area contributed by atoms with Gasteiger partial charge < -0.3 is 9.94 Å². The van der Waals surface area contributed by atoms with Crippen molar-refractivity contribution in [3.05, 3.63) is 0 Å². The Bertz CT molecular complexity index is 109. The van der Waals surface area contributed by atoms with E-state index in [-0.39, 0.29) is 6.10 Å². The van der Waals surface area contributed by atoms with Gasteiger partial charge in [0.25, 0.3) is 0 Å². The third-order valence-electron chi connectivity index (χ3n) is 2.00. The zero-order chi connectivity index (χ0) is 10.3. The molecule has 3 nitrogen and oxygen atoms in total. The third kappa shape index (κ3) is 5.24. The van der Waals surface area contributed by atoms with E-state index in [1.165, 1.54) is 5.06 Å². The summed E-state index contributed by atoms with van der Waals surface area (Å²) in [4.78, 5) is 0. The molecule has 80 valence electrons. The maximum atomic E-state index is 9.23. The summed E-state index contributed by atoms with van der Waals surface area (Å²) in [5.74, 6) is 0.547. The molecule has 0 radical (unpaired) electrons. The molecule has 0 amide bonds. The molecule has 1 saturated heterocycles. The van der Waals surface area contributed by atoms with Crippen molar-refractivity contribution in [2.24, 2.45) is 5.92 Å². The lowest BCUT2D eigenvalue weighted by molar-refractivity contribution is -0.155. The summed E-state index contributed by atoms with van der Waals surface area (Å²) in [6.07, 6.45) is 1.30. The van der Waals surface area contributed by atoms with Crippen LogP contribution in [0.25, 0.3) is 0 Å². The SMILES string of the molecule is CC.CCOC1CC(C)CN(O)C1. The first-order chi connectivity index (χ1) is 6.22. The minimum absolute atomic E-state index is 0.230. The summed E-state index contributed by atoms with van der Waals surface area (Å²) in [6, 6.07) is 0. The van der Waals surface area contributed by atoms with Crippen LogP contribution in [0.1, 0.15) is 34.1 Å². The van der Waals surface area contributed by atoms with Gasteiger partial charge in [0, 0.05) is 13.2 Å². The molecule has 1 aliphatic heterocycles. The molecular formula is C10H23NO2. The van der Waals surface area contributed by atoms with E-state index < -0.39 is 0 Å². The van der Waals surface area contributed by atoms with Crippen molar-refractivity contribution in [1.82, 2.24) is 5.06 Å². The summed E-state index contributed by atoms with van der Waals surface area (Å²) in [5.41, 5.74) is 0. The van der Waals surface area contributed by atoms with Crippen molar-refractivity contribution in [1.29, 1.82) is 0 Å². The molecule has 1 N–H and O–H groups in total. The van der Waals surface area contributed by atoms with Gasteiger partial charge in [-0.15, -0.1) is 0 Å². The van der Waals surface area contributed by atoms with Crippen molar-refractivity contribution >= 4 is 0 Å². The zero-order valence-electron chi connectivity index (χ0n) is 9.29. The van der Waals surface area contributed by atoms with Crippen LogP contribution in [0.2, 0.25) is 0 Å². The highest BCUT2D eigenvalue weighted by molar-refractivity contribution is 4.72. The molecule has 0 aromatic heterocycles. The Labute approximate surface area is 81.6 Å². The lowest BCUT2D eigenvalue weighted by atomic mass is 9.99. The Morgan fingerprint density at radius 3 is 2.46 bits per heavy atom. The smallest absolute Gasteiger partial charge is 0.0728 e. The second kappa shape index (κ2) is 7.30. The molecule has 0 aliphatic carbocycles. The summed E-state index contributed by atoms with van der Waals surface area (Å²) >= 11 is 0. The van der Waals surface area contributed by atoms with E-state index in [0.29, 0.717) is 12.5 Å². The molecule has 1 fully saturated rings. The van der Waals surface area contributed by atoms with Crippen LogP contribution >= 0.6 is 0 Å². The predicted molar refractivity (Wildman–Crippen MR) is 53.9 cm³/mol. The molecule has 2 atom stereocenters. The number of hydrogen-bond acceptors (Lipinski definition) is 3. The van der Waals surface area contributed by atoms with Gasteiger partial charge in [0.1, 0.15) is 0 Å². The topological polar surface area (TPSA) is 32.7 Å². The fraction of sp³-hybridized carbons (Fsp3) is 1.00. The molecule has 0 saturated carbocycles. The van der Waals surface area contributed by atoms with E-state index in [2.05, 4.69) is 6.92 Å². The molecule has 0 bridgehead atoms. The standard InChI is InChI=1S/C8H17NO2.C2H6/c1-3-11-8-4-7(2)5-9(10)6-8;1-2/h7-8,10H,3-6H2,1-2H3;1-2H3. The summed E-state index contributed by atoms with van der Waals surface area (Å²) in [7, 11) is 0. The Balaban J connectivity index is 0.000000671. The van der Waals surface area contributed by atoms with Crippen LogP contribution in [-0.4, -0.2) is 36.1 Å². The predicted octanol–water partition coefficient (Wildman–Crippen LogP) is 2.15. The van der Waals surface area contributed by atoms with Gasteiger partial charge in [-0.3, -0.25) is 0 Å². The largest absolute Gasteiger partial charge is 0.377 e. The lowest BCUT2D eigenvalue weighted by Crippen LogP contribution is -2.41. The van der Waals surface area contributed by atoms with E-state index in [4.69, 9.17) is 4.74 Å². The average molecular weight is 189 g/mol. The maximum absolute atomic E-state index is 9.23. The molecule has 1 rings (SSSR count). The number of ether oxygens (including phenoxy) is 1. The van der Waals surface area contributed by atoms with Gasteiger partial charge in [-0.25, -0.2) is 0 Å². The average Bonchev–Trinajstić information content (AvgIpc) is 2.06. The number of rotatable bonds is 2. The van der Waals surface area contributed by atoms with Crippen LogP contribution in [0.5, 0.6) is 0 Å². The van der Waals surface area contributed by atoms with E-state index in [1.807, 2.05) is 20.8 Å². The fourth-order valence-electron chi connectivity index (χ4n) is 1.62. The van der Waals surface area contributed by atoms with Crippen LogP contribution in [-0.2, 0) is 4.74 Å². The summed E-state index contributed by atoms with van der Waals surface area (Å²) in [6.45, 7) is 10.3. The van der Waals surface area contributed by atoms with E-state index >= 15 is 0 Å². The molecule has 2 unspecified atom stereocenters. The highest BCUT2D eigenvalue weighted by Crippen LogP contribution is 2.16. The van der Waals surface area contributed by atoms with Crippen molar-refractivity contribution in [3.8, 4) is 0 Å². The van der Waals surface area contributed by atoms with Crippen molar-refractivity contribution in [3.63, 3.8) is 0 Å². The number of hydroxylamine groups is 2. The Kier molecular flexibility index (Phi) is 7.23. The normalized spacial score (nSPS) is 29.3. The van der Waals surface area contributed by atoms with Gasteiger partial charge in [-0.1, -0.05) is 20.8 Å². The Morgan fingerprint density at radius 2 is 2.00 bits per heavy atom. The molecule has 1 heterocycles. The Hall–Kier alpha value is -0.120. The molecule has 0 aromatic rings. The van der Waals surface area contributed by atoms with Gasteiger partial charge in [0.05, 0.1) is 12.6 Å². The van der Waals surface area contributed by atoms with Crippen LogP contribution in [0.15, 0.2) is 0 Å². The van der Waals surface area contributed by atoms with Gasteiger partial charge in [-0.05, 0) is 19.3 Å². The molecule has 13 heavy (non-hydrogen) atoms. The van der Waals surface area contributed by atoms with Crippen LogP contribution in [0.4, 0.5) is 0 Å². The molecular weight excluding hydrogens is 166 g/mol. The minimum atomic E-state index is 0.230. The zero-order valence-corrected chi connectivity index (χ0v) is 9.29. The monoisotopic (exact) mass is 189 g/mol. The number of hydrogen-bond donors (Lipinski definition) is 1. The molecule has 1 aliphatic rings. The third-order valence-corrected chi connectivity index (χ3v) is 2.00. The fourth-order valence-corrected chi connectivity index (χ4v) is 1.62. The second-order valence-electron chi connectivity index (χ2n) is 3.29. The van der Waals surface area contributed by atoms with Gasteiger partial charge in [-0.2, -0.15) is 5.06 Å². The summed E-state index contributed by atoms with van der Waals surface area (Å²) < 4.78 is 5.42. The molecule has 0 aromatic carbocycles. The number of piperidine rings is 1. The van der Waals surface area contributed by atoms with E-state index in [9.17, 15) is 5.21 Å². The Morgan fingerprint density at radius 1 is 1.38 bits per heavy atom. The van der Waals surface area contributed by atoms with Crippen molar-refractivity contribution in [2.75, 3.05) is 19.7 Å². The molecule has 0 spiro atoms. The van der Waals surface area contributed by atoms with Crippen molar-refractivity contribution in [2.45, 2.75) is 40.2 Å². The minimum Gasteiger partial charge on any atom is -0.377 e. The first-order valence-corrected chi connectivity index (χ1v) is 5.27. The highest BCUT2D eigenvalue weighted by Gasteiger charge is 2.23. The molecule has 3 heteroatoms. The van der Waals surface area contributed by atoms with Crippen LogP contribution < -0.4 is 0 Å². The number of nitrogens with zero attached hydrogens (tertiary/aromatic N) is 1. The van der Waals surface area contributed by atoms with Crippen LogP contribution in [0, 0.1) is 5.92 Å². The van der Waals surface area contributed by atoms with Gasteiger partial charge >= 0.3 is 0 Å².